The number of carbonyl (C=O) groups is 2. The molecule has 1 amide bonds. The Balaban J connectivity index is 1.53. The highest BCUT2D eigenvalue weighted by molar-refractivity contribution is 6.06. The SMILES string of the molecule is CCOC(=O)c1cnn(-c2ccccc2)c1NC(=O)c1ccn(COc2ccc(F)cc2F)n1. The molecule has 0 fully saturated rings. The number of aromatic nitrogens is 4. The van der Waals surface area contributed by atoms with Crippen LogP contribution in [0.5, 0.6) is 5.75 Å². The van der Waals surface area contributed by atoms with Crippen LogP contribution >= 0.6 is 0 Å². The summed E-state index contributed by atoms with van der Waals surface area (Å²) in [5.41, 5.74) is 0.709. The van der Waals surface area contributed by atoms with E-state index in [0.29, 0.717) is 11.8 Å². The Morgan fingerprint density at radius 3 is 2.62 bits per heavy atom. The van der Waals surface area contributed by atoms with E-state index in [1.807, 2.05) is 6.07 Å². The van der Waals surface area contributed by atoms with Crippen molar-refractivity contribution >= 4 is 17.7 Å². The molecule has 0 radical (unpaired) electrons. The molecule has 0 spiro atoms. The Labute approximate surface area is 192 Å². The smallest absolute Gasteiger partial charge is 0.343 e. The highest BCUT2D eigenvalue weighted by Crippen LogP contribution is 2.22. The second-order valence-electron chi connectivity index (χ2n) is 6.92. The molecular formula is C23H19F2N5O4. The first kappa shape index (κ1) is 22.6. The van der Waals surface area contributed by atoms with Gasteiger partial charge in [0.05, 0.1) is 18.5 Å². The first-order valence-corrected chi connectivity index (χ1v) is 10.2. The Hall–Kier alpha value is -4.54. The third kappa shape index (κ3) is 4.93. The summed E-state index contributed by atoms with van der Waals surface area (Å²) in [6.07, 6.45) is 2.77. The van der Waals surface area contributed by atoms with Gasteiger partial charge in [0.2, 0.25) is 0 Å². The molecule has 2 aromatic carbocycles. The Bertz CT molecular complexity index is 1320. The van der Waals surface area contributed by atoms with Gasteiger partial charge < -0.3 is 14.8 Å². The van der Waals surface area contributed by atoms with Crippen molar-refractivity contribution in [3.05, 3.63) is 89.9 Å². The molecule has 2 aromatic heterocycles. The van der Waals surface area contributed by atoms with Crippen molar-refractivity contribution in [3.63, 3.8) is 0 Å². The quantitative estimate of drug-likeness (QED) is 0.396. The minimum atomic E-state index is -0.856. The van der Waals surface area contributed by atoms with E-state index >= 15 is 0 Å². The van der Waals surface area contributed by atoms with Crippen LogP contribution in [0.25, 0.3) is 5.69 Å². The van der Waals surface area contributed by atoms with E-state index in [4.69, 9.17) is 9.47 Å². The fourth-order valence-electron chi connectivity index (χ4n) is 3.05. The number of benzene rings is 2. The standard InChI is InChI=1S/C23H19F2N5O4/c1-2-33-23(32)17-13-26-30(16-6-4-3-5-7-16)21(17)27-22(31)19-10-11-29(28-19)14-34-20-9-8-15(24)12-18(20)25/h3-13H,2,14H2,1H3,(H,27,31). The Morgan fingerprint density at radius 2 is 1.88 bits per heavy atom. The molecule has 0 unspecified atom stereocenters. The number of amides is 1. The maximum atomic E-state index is 13.7. The zero-order valence-corrected chi connectivity index (χ0v) is 17.9. The molecule has 34 heavy (non-hydrogen) atoms. The topological polar surface area (TPSA) is 100 Å². The Morgan fingerprint density at radius 1 is 1.09 bits per heavy atom. The van der Waals surface area contributed by atoms with Gasteiger partial charge in [0.15, 0.2) is 29.8 Å². The fourth-order valence-corrected chi connectivity index (χ4v) is 3.05. The molecule has 0 aliphatic carbocycles. The lowest BCUT2D eigenvalue weighted by molar-refractivity contribution is 0.0527. The van der Waals surface area contributed by atoms with Gasteiger partial charge in [-0.05, 0) is 37.3 Å². The van der Waals surface area contributed by atoms with Crippen molar-refractivity contribution in [2.45, 2.75) is 13.7 Å². The van der Waals surface area contributed by atoms with Crippen molar-refractivity contribution in [3.8, 4) is 11.4 Å². The largest absolute Gasteiger partial charge is 0.468 e. The summed E-state index contributed by atoms with van der Waals surface area (Å²) >= 11 is 0. The van der Waals surface area contributed by atoms with Crippen LogP contribution in [-0.4, -0.2) is 38.0 Å². The van der Waals surface area contributed by atoms with Crippen LogP contribution in [0.1, 0.15) is 27.8 Å². The molecule has 0 aliphatic rings. The van der Waals surface area contributed by atoms with Crippen LogP contribution in [0.4, 0.5) is 14.6 Å². The zero-order chi connectivity index (χ0) is 24.1. The fraction of sp³-hybridized carbons (Fsp3) is 0.130. The summed E-state index contributed by atoms with van der Waals surface area (Å²) in [5.74, 6) is -2.87. The zero-order valence-electron chi connectivity index (χ0n) is 17.9. The van der Waals surface area contributed by atoms with E-state index in [9.17, 15) is 18.4 Å². The molecule has 4 aromatic rings. The lowest BCUT2D eigenvalue weighted by Crippen LogP contribution is -2.19. The van der Waals surface area contributed by atoms with Gasteiger partial charge in [-0.2, -0.15) is 10.2 Å². The number of esters is 1. The van der Waals surface area contributed by atoms with E-state index in [1.165, 1.54) is 27.8 Å². The van der Waals surface area contributed by atoms with Gasteiger partial charge in [-0.3, -0.25) is 4.79 Å². The molecule has 9 nitrogen and oxygen atoms in total. The van der Waals surface area contributed by atoms with Gasteiger partial charge in [-0.25, -0.2) is 22.9 Å². The average molecular weight is 467 g/mol. The predicted molar refractivity (Wildman–Crippen MR) is 117 cm³/mol. The first-order chi connectivity index (χ1) is 16.5. The molecule has 0 atom stereocenters. The summed E-state index contributed by atoms with van der Waals surface area (Å²) < 4.78 is 39.8. The van der Waals surface area contributed by atoms with Crippen LogP contribution < -0.4 is 10.1 Å². The van der Waals surface area contributed by atoms with Crippen LogP contribution in [0, 0.1) is 11.6 Å². The maximum absolute atomic E-state index is 13.7. The van der Waals surface area contributed by atoms with Crippen LogP contribution in [0.2, 0.25) is 0 Å². The van der Waals surface area contributed by atoms with Crippen molar-refractivity contribution in [2.24, 2.45) is 0 Å². The van der Waals surface area contributed by atoms with E-state index in [2.05, 4.69) is 15.5 Å². The molecule has 0 saturated heterocycles. The normalized spacial score (nSPS) is 10.7. The van der Waals surface area contributed by atoms with Crippen LogP contribution in [0.15, 0.2) is 67.0 Å². The first-order valence-electron chi connectivity index (χ1n) is 10.2. The molecule has 0 bridgehead atoms. The van der Waals surface area contributed by atoms with Crippen molar-refractivity contribution < 1.29 is 27.8 Å². The highest BCUT2D eigenvalue weighted by atomic mass is 19.1. The van der Waals surface area contributed by atoms with Crippen molar-refractivity contribution in [2.75, 3.05) is 11.9 Å². The van der Waals surface area contributed by atoms with Gasteiger partial charge in [0, 0.05) is 12.3 Å². The Kier molecular flexibility index (Phi) is 6.62. The number of para-hydroxylation sites is 1. The number of hydrogen-bond acceptors (Lipinski definition) is 6. The molecule has 0 saturated carbocycles. The van der Waals surface area contributed by atoms with Crippen molar-refractivity contribution in [1.29, 1.82) is 0 Å². The number of rotatable bonds is 8. The number of halogens is 2. The minimum absolute atomic E-state index is 0.0128. The highest BCUT2D eigenvalue weighted by Gasteiger charge is 2.23. The second-order valence-corrected chi connectivity index (χ2v) is 6.92. The van der Waals surface area contributed by atoms with Crippen LogP contribution in [0.3, 0.4) is 0 Å². The summed E-state index contributed by atoms with van der Waals surface area (Å²) in [5, 5.41) is 11.0. The lowest BCUT2D eigenvalue weighted by Gasteiger charge is -2.10. The van der Waals surface area contributed by atoms with E-state index < -0.39 is 23.5 Å². The minimum Gasteiger partial charge on any atom is -0.468 e. The third-order valence-corrected chi connectivity index (χ3v) is 4.62. The van der Waals surface area contributed by atoms with E-state index in [0.717, 1.165) is 12.1 Å². The summed E-state index contributed by atoms with van der Waals surface area (Å²) in [6.45, 7) is 1.61. The number of anilines is 1. The van der Waals surface area contributed by atoms with Gasteiger partial charge in [-0.15, -0.1) is 0 Å². The molecule has 2 heterocycles. The summed E-state index contributed by atoms with van der Waals surface area (Å²) in [4.78, 5) is 25.3. The molecule has 0 aliphatic heterocycles. The number of nitrogens with zero attached hydrogens (tertiary/aromatic N) is 4. The van der Waals surface area contributed by atoms with Gasteiger partial charge in [0.25, 0.3) is 5.91 Å². The van der Waals surface area contributed by atoms with E-state index in [-0.39, 0.29) is 36.2 Å². The van der Waals surface area contributed by atoms with Gasteiger partial charge in [-0.1, -0.05) is 18.2 Å². The van der Waals surface area contributed by atoms with E-state index in [1.54, 1.807) is 31.2 Å². The summed E-state index contributed by atoms with van der Waals surface area (Å²) in [6, 6.07) is 13.3. The predicted octanol–water partition coefficient (Wildman–Crippen LogP) is 3.81. The number of carbonyl (C=O) groups excluding carboxylic acids is 2. The molecule has 174 valence electrons. The average Bonchev–Trinajstić information content (AvgIpc) is 3.47. The molecule has 1 N–H and O–H groups in total. The number of nitrogens with one attached hydrogen (secondary N) is 1. The monoisotopic (exact) mass is 467 g/mol. The molecule has 4 rings (SSSR count). The van der Waals surface area contributed by atoms with Gasteiger partial charge in [0.1, 0.15) is 11.4 Å². The summed E-state index contributed by atoms with van der Waals surface area (Å²) in [7, 11) is 0. The third-order valence-electron chi connectivity index (χ3n) is 4.62. The lowest BCUT2D eigenvalue weighted by atomic mass is 10.3. The van der Waals surface area contributed by atoms with Crippen LogP contribution in [-0.2, 0) is 11.5 Å². The van der Waals surface area contributed by atoms with Crippen molar-refractivity contribution in [1.82, 2.24) is 19.6 Å². The van der Waals surface area contributed by atoms with Gasteiger partial charge >= 0.3 is 5.97 Å². The number of ether oxygens (including phenoxy) is 2. The maximum Gasteiger partial charge on any atom is 0.343 e. The second kappa shape index (κ2) is 9.94. The molecular weight excluding hydrogens is 448 g/mol. The molecule has 11 heteroatoms. The number of hydrogen-bond donors (Lipinski definition) is 1.